The smallest absolute Gasteiger partial charge is 0.341 e. The van der Waals surface area contributed by atoms with E-state index < -0.39 is 17.6 Å². The molecule has 0 aliphatic carbocycles. The molecular formula is C14H19ClN2O3. The Kier molecular flexibility index (Phi) is 5.00. The predicted molar refractivity (Wildman–Crippen MR) is 78.6 cm³/mol. The third kappa shape index (κ3) is 4.74. The van der Waals surface area contributed by atoms with Crippen molar-refractivity contribution < 1.29 is 14.3 Å². The van der Waals surface area contributed by atoms with Crippen LogP contribution in [0.4, 0.5) is 5.69 Å². The van der Waals surface area contributed by atoms with Gasteiger partial charge in [0.1, 0.15) is 0 Å². The molecule has 1 amide bonds. The number of benzene rings is 1. The summed E-state index contributed by atoms with van der Waals surface area (Å²) in [4.78, 5) is 23.8. The molecule has 0 heterocycles. The number of hydrogen-bond acceptors (Lipinski definition) is 4. The Hall–Kier alpha value is -1.75. The molecule has 0 saturated carbocycles. The van der Waals surface area contributed by atoms with Crippen LogP contribution in [0.1, 0.15) is 38.1 Å². The van der Waals surface area contributed by atoms with Crippen LogP contribution in [0.5, 0.6) is 0 Å². The number of halogens is 1. The SMILES string of the molecule is CC(OC(=O)c1ccc(Cl)cc1N)C(=O)NC(C)(C)C. The number of rotatable bonds is 3. The van der Waals surface area contributed by atoms with Crippen molar-refractivity contribution in [2.24, 2.45) is 0 Å². The highest BCUT2D eigenvalue weighted by Gasteiger charge is 2.23. The van der Waals surface area contributed by atoms with E-state index in [-0.39, 0.29) is 17.2 Å². The Bertz CT molecular complexity index is 524. The van der Waals surface area contributed by atoms with Crippen molar-refractivity contribution in [2.75, 3.05) is 5.73 Å². The number of ether oxygens (including phenoxy) is 1. The maximum atomic E-state index is 11.9. The molecule has 1 aromatic carbocycles. The molecule has 1 aromatic rings. The fourth-order valence-corrected chi connectivity index (χ4v) is 1.65. The first-order chi connectivity index (χ1) is 9.10. The summed E-state index contributed by atoms with van der Waals surface area (Å²) in [6.07, 6.45) is -0.906. The highest BCUT2D eigenvalue weighted by Crippen LogP contribution is 2.19. The van der Waals surface area contributed by atoms with Gasteiger partial charge in [-0.1, -0.05) is 11.6 Å². The minimum Gasteiger partial charge on any atom is -0.449 e. The number of nitrogens with one attached hydrogen (secondary N) is 1. The molecule has 1 unspecified atom stereocenters. The summed E-state index contributed by atoms with van der Waals surface area (Å²) in [5.41, 5.74) is 5.70. The topological polar surface area (TPSA) is 81.4 Å². The number of anilines is 1. The van der Waals surface area contributed by atoms with Crippen molar-refractivity contribution in [1.82, 2.24) is 5.32 Å². The van der Waals surface area contributed by atoms with Gasteiger partial charge in [0.15, 0.2) is 6.10 Å². The summed E-state index contributed by atoms with van der Waals surface area (Å²) < 4.78 is 5.09. The maximum Gasteiger partial charge on any atom is 0.341 e. The molecule has 0 saturated heterocycles. The molecule has 3 N–H and O–H groups in total. The first-order valence-corrected chi connectivity index (χ1v) is 6.56. The fraction of sp³-hybridized carbons (Fsp3) is 0.429. The van der Waals surface area contributed by atoms with Gasteiger partial charge in [0.05, 0.1) is 5.56 Å². The predicted octanol–water partition coefficient (Wildman–Crippen LogP) is 2.38. The second-order valence-corrected chi connectivity index (χ2v) is 5.95. The van der Waals surface area contributed by atoms with Gasteiger partial charge >= 0.3 is 5.97 Å². The molecule has 1 rings (SSSR count). The maximum absolute atomic E-state index is 11.9. The lowest BCUT2D eigenvalue weighted by molar-refractivity contribution is -0.130. The standard InChI is InChI=1S/C14H19ClN2O3/c1-8(12(18)17-14(2,3)4)20-13(19)10-6-5-9(15)7-11(10)16/h5-8H,16H2,1-4H3,(H,17,18). The van der Waals surface area contributed by atoms with Crippen molar-refractivity contribution in [3.05, 3.63) is 28.8 Å². The summed E-state index contributed by atoms with van der Waals surface area (Å²) in [6.45, 7) is 7.04. The Morgan fingerprint density at radius 2 is 1.95 bits per heavy atom. The molecule has 0 spiro atoms. The van der Waals surface area contributed by atoms with E-state index in [1.54, 1.807) is 0 Å². The summed E-state index contributed by atoms with van der Waals surface area (Å²) in [5, 5.41) is 3.16. The number of nitrogen functional groups attached to an aromatic ring is 1. The van der Waals surface area contributed by atoms with Gasteiger partial charge in [0.2, 0.25) is 0 Å². The fourth-order valence-electron chi connectivity index (χ4n) is 1.47. The van der Waals surface area contributed by atoms with Gasteiger partial charge in [-0.2, -0.15) is 0 Å². The van der Waals surface area contributed by atoms with Crippen LogP contribution in [0.2, 0.25) is 5.02 Å². The molecule has 0 aromatic heterocycles. The van der Waals surface area contributed by atoms with E-state index in [1.807, 2.05) is 20.8 Å². The molecule has 0 aliphatic heterocycles. The first kappa shape index (κ1) is 16.3. The van der Waals surface area contributed by atoms with Crippen LogP contribution >= 0.6 is 11.6 Å². The third-order valence-corrected chi connectivity index (χ3v) is 2.62. The van der Waals surface area contributed by atoms with Crippen LogP contribution in [0.25, 0.3) is 0 Å². The van der Waals surface area contributed by atoms with Crippen molar-refractivity contribution >= 4 is 29.2 Å². The highest BCUT2D eigenvalue weighted by atomic mass is 35.5. The van der Waals surface area contributed by atoms with Crippen LogP contribution in [0, 0.1) is 0 Å². The van der Waals surface area contributed by atoms with Gasteiger partial charge in [-0.3, -0.25) is 4.79 Å². The third-order valence-electron chi connectivity index (χ3n) is 2.38. The summed E-state index contributed by atoms with van der Waals surface area (Å²) in [7, 11) is 0. The highest BCUT2D eigenvalue weighted by molar-refractivity contribution is 6.31. The molecule has 0 radical (unpaired) electrons. The molecule has 110 valence electrons. The zero-order valence-electron chi connectivity index (χ0n) is 12.0. The first-order valence-electron chi connectivity index (χ1n) is 6.18. The molecule has 0 aliphatic rings. The minimum atomic E-state index is -0.906. The Balaban J connectivity index is 2.73. The van der Waals surface area contributed by atoms with Crippen LogP contribution < -0.4 is 11.1 Å². The van der Waals surface area contributed by atoms with Crippen LogP contribution in [0.3, 0.4) is 0 Å². The van der Waals surface area contributed by atoms with Gasteiger partial charge in [-0.15, -0.1) is 0 Å². The van der Waals surface area contributed by atoms with E-state index in [9.17, 15) is 9.59 Å². The van der Waals surface area contributed by atoms with Crippen molar-refractivity contribution in [1.29, 1.82) is 0 Å². The number of carbonyl (C=O) groups excluding carboxylic acids is 2. The molecule has 20 heavy (non-hydrogen) atoms. The largest absolute Gasteiger partial charge is 0.449 e. The van der Waals surface area contributed by atoms with Gasteiger partial charge < -0.3 is 15.8 Å². The average molecular weight is 299 g/mol. The monoisotopic (exact) mass is 298 g/mol. The second kappa shape index (κ2) is 6.13. The molecule has 5 nitrogen and oxygen atoms in total. The normalized spacial score (nSPS) is 12.7. The molecule has 0 fully saturated rings. The summed E-state index contributed by atoms with van der Waals surface area (Å²) in [6, 6.07) is 4.46. The van der Waals surface area contributed by atoms with E-state index in [1.165, 1.54) is 25.1 Å². The molecule has 0 bridgehead atoms. The van der Waals surface area contributed by atoms with Gasteiger partial charge in [-0.25, -0.2) is 4.79 Å². The molecule has 6 heteroatoms. The van der Waals surface area contributed by atoms with E-state index >= 15 is 0 Å². The Morgan fingerprint density at radius 1 is 1.35 bits per heavy atom. The van der Waals surface area contributed by atoms with E-state index in [4.69, 9.17) is 22.1 Å². The van der Waals surface area contributed by atoms with Gasteiger partial charge in [-0.05, 0) is 45.9 Å². The van der Waals surface area contributed by atoms with Crippen molar-refractivity contribution in [3.8, 4) is 0 Å². The summed E-state index contributed by atoms with van der Waals surface area (Å²) in [5.74, 6) is -1.02. The van der Waals surface area contributed by atoms with Gasteiger partial charge in [0.25, 0.3) is 5.91 Å². The molecular weight excluding hydrogens is 280 g/mol. The zero-order valence-corrected chi connectivity index (χ0v) is 12.7. The molecule has 1 atom stereocenters. The van der Waals surface area contributed by atoms with Gasteiger partial charge in [0, 0.05) is 16.2 Å². The second-order valence-electron chi connectivity index (χ2n) is 5.52. The number of carbonyl (C=O) groups is 2. The number of nitrogens with two attached hydrogens (primary N) is 1. The van der Waals surface area contributed by atoms with Crippen LogP contribution in [0.15, 0.2) is 18.2 Å². The van der Waals surface area contributed by atoms with Crippen LogP contribution in [-0.2, 0) is 9.53 Å². The van der Waals surface area contributed by atoms with Crippen molar-refractivity contribution in [3.63, 3.8) is 0 Å². The van der Waals surface area contributed by atoms with E-state index in [0.717, 1.165) is 0 Å². The Labute approximate surface area is 123 Å². The quantitative estimate of drug-likeness (QED) is 0.663. The van der Waals surface area contributed by atoms with E-state index in [0.29, 0.717) is 5.02 Å². The number of hydrogen-bond donors (Lipinski definition) is 2. The van der Waals surface area contributed by atoms with Crippen LogP contribution in [-0.4, -0.2) is 23.5 Å². The zero-order chi connectivity index (χ0) is 15.5. The lowest BCUT2D eigenvalue weighted by Crippen LogP contribution is -2.46. The average Bonchev–Trinajstić information content (AvgIpc) is 2.26. The summed E-state index contributed by atoms with van der Waals surface area (Å²) >= 11 is 5.75. The number of amides is 1. The van der Waals surface area contributed by atoms with E-state index in [2.05, 4.69) is 5.32 Å². The van der Waals surface area contributed by atoms with Crippen molar-refractivity contribution in [2.45, 2.75) is 39.3 Å². The minimum absolute atomic E-state index is 0.185. The number of esters is 1. The lowest BCUT2D eigenvalue weighted by atomic mass is 10.1. The Morgan fingerprint density at radius 3 is 2.45 bits per heavy atom. The lowest BCUT2D eigenvalue weighted by Gasteiger charge is -2.23.